The molecule has 0 saturated carbocycles. The van der Waals surface area contributed by atoms with Crippen LogP contribution in [-0.4, -0.2) is 62.8 Å². The molecule has 2 aliphatic heterocycles. The summed E-state index contributed by atoms with van der Waals surface area (Å²) in [5, 5.41) is 4.94. The summed E-state index contributed by atoms with van der Waals surface area (Å²) in [6.45, 7) is 6.29. The molecule has 0 N–H and O–H groups in total. The lowest BCUT2D eigenvalue weighted by Gasteiger charge is -2.58. The summed E-state index contributed by atoms with van der Waals surface area (Å²) in [6.07, 6.45) is 2.96. The van der Waals surface area contributed by atoms with Crippen LogP contribution in [-0.2, 0) is 4.79 Å². The number of aryl methyl sites for hydroxylation is 1. The van der Waals surface area contributed by atoms with Crippen LogP contribution in [0.15, 0.2) is 55.3 Å². The van der Waals surface area contributed by atoms with E-state index in [1.54, 1.807) is 35.8 Å². The Morgan fingerprint density at radius 1 is 1.20 bits per heavy atom. The maximum atomic E-state index is 15.5. The van der Waals surface area contributed by atoms with Crippen LogP contribution in [0.3, 0.4) is 0 Å². The summed E-state index contributed by atoms with van der Waals surface area (Å²) in [5.41, 5.74) is 1.51. The minimum absolute atomic E-state index is 0.0459. The van der Waals surface area contributed by atoms with E-state index in [1.165, 1.54) is 9.80 Å². The number of likely N-dealkylation sites (tertiary alicyclic amines) is 2. The molecule has 35 heavy (non-hydrogen) atoms. The van der Waals surface area contributed by atoms with Crippen molar-refractivity contribution < 1.29 is 18.4 Å². The van der Waals surface area contributed by atoms with Gasteiger partial charge in [-0.25, -0.2) is 13.3 Å². The molecule has 6 nitrogen and oxygen atoms in total. The minimum Gasteiger partial charge on any atom is -0.337 e. The highest BCUT2D eigenvalue weighted by atomic mass is 35.5. The number of rotatable bonds is 3. The number of benzene rings is 1. The SMILES string of the molecule is C=CC(=O)N1CC2(C[C@@H](C)N(C(=O)c3nn4ccc(C)cc4c3-c3ccccc3Cl)CC2(F)F)C1. The standard InChI is InChI=1S/C26H25ClF2N4O2/c1-4-21(34)31-13-25(14-31)12-17(3)32(15-26(25,28)29)24(35)23-22(18-7-5-6-8-19(18)27)20-11-16(2)9-10-33(20)30-23/h4-11,17H,1,12-15H2,2-3H3/t17-/m1/s1. The van der Waals surface area contributed by atoms with Crippen molar-refractivity contribution in [3.05, 3.63) is 71.5 Å². The van der Waals surface area contributed by atoms with Crippen LogP contribution < -0.4 is 0 Å². The van der Waals surface area contributed by atoms with Gasteiger partial charge in [0.05, 0.1) is 17.5 Å². The molecule has 2 fully saturated rings. The zero-order chi connectivity index (χ0) is 25.1. The van der Waals surface area contributed by atoms with Gasteiger partial charge in [-0.15, -0.1) is 0 Å². The van der Waals surface area contributed by atoms with E-state index in [9.17, 15) is 9.59 Å². The number of fused-ring (bicyclic) bond motifs is 1. The van der Waals surface area contributed by atoms with Crippen LogP contribution in [0.5, 0.6) is 0 Å². The highest BCUT2D eigenvalue weighted by Crippen LogP contribution is 2.52. The molecule has 182 valence electrons. The Labute approximate surface area is 206 Å². The van der Waals surface area contributed by atoms with Gasteiger partial charge in [0.15, 0.2) is 5.69 Å². The van der Waals surface area contributed by atoms with Gasteiger partial charge in [0.2, 0.25) is 5.91 Å². The summed E-state index contributed by atoms with van der Waals surface area (Å²) in [4.78, 5) is 28.2. The van der Waals surface area contributed by atoms with E-state index in [0.29, 0.717) is 21.7 Å². The Hall–Kier alpha value is -3.26. The maximum absolute atomic E-state index is 15.5. The van der Waals surface area contributed by atoms with Gasteiger partial charge >= 0.3 is 0 Å². The van der Waals surface area contributed by atoms with Gasteiger partial charge in [-0.05, 0) is 50.1 Å². The zero-order valence-electron chi connectivity index (χ0n) is 19.5. The molecule has 4 heterocycles. The van der Waals surface area contributed by atoms with Gasteiger partial charge < -0.3 is 9.80 Å². The number of carbonyl (C=O) groups is 2. The van der Waals surface area contributed by atoms with Crippen molar-refractivity contribution in [3.63, 3.8) is 0 Å². The number of nitrogens with zero attached hydrogens (tertiary/aromatic N) is 4. The van der Waals surface area contributed by atoms with Crippen molar-refractivity contribution in [2.45, 2.75) is 32.2 Å². The first-order chi connectivity index (χ1) is 16.6. The Balaban J connectivity index is 1.53. The summed E-state index contributed by atoms with van der Waals surface area (Å²) < 4.78 is 32.6. The summed E-state index contributed by atoms with van der Waals surface area (Å²) in [6, 6.07) is 10.4. The first-order valence-corrected chi connectivity index (χ1v) is 11.8. The topological polar surface area (TPSA) is 57.9 Å². The lowest BCUT2D eigenvalue weighted by molar-refractivity contribution is -0.225. The predicted molar refractivity (Wildman–Crippen MR) is 130 cm³/mol. The van der Waals surface area contributed by atoms with Crippen molar-refractivity contribution in [2.24, 2.45) is 5.41 Å². The number of aromatic nitrogens is 2. The lowest BCUT2D eigenvalue weighted by Crippen LogP contribution is -2.72. The number of hydrogen-bond donors (Lipinski definition) is 0. The second-order valence-electron chi connectivity index (χ2n) is 9.61. The number of halogens is 3. The second kappa shape index (κ2) is 8.16. The zero-order valence-corrected chi connectivity index (χ0v) is 20.2. The Kier molecular flexibility index (Phi) is 5.47. The first kappa shape index (κ1) is 23.5. The molecular weight excluding hydrogens is 474 g/mol. The normalized spacial score (nSPS) is 20.7. The second-order valence-corrected chi connectivity index (χ2v) is 10.0. The third-order valence-corrected chi connectivity index (χ3v) is 7.56. The molecule has 2 aliphatic rings. The van der Waals surface area contributed by atoms with Crippen LogP contribution in [0.2, 0.25) is 5.02 Å². The monoisotopic (exact) mass is 498 g/mol. The number of amides is 2. The minimum atomic E-state index is -3.16. The van der Waals surface area contributed by atoms with Gasteiger partial charge in [-0.1, -0.05) is 36.4 Å². The first-order valence-electron chi connectivity index (χ1n) is 11.4. The Morgan fingerprint density at radius 3 is 2.60 bits per heavy atom. The Bertz CT molecular complexity index is 1360. The van der Waals surface area contributed by atoms with Gasteiger partial charge in [0.1, 0.15) is 0 Å². The van der Waals surface area contributed by atoms with Gasteiger partial charge in [0.25, 0.3) is 11.8 Å². The molecule has 3 aromatic rings. The van der Waals surface area contributed by atoms with Crippen LogP contribution in [0, 0.1) is 12.3 Å². The third-order valence-electron chi connectivity index (χ3n) is 7.23. The van der Waals surface area contributed by atoms with Crippen molar-refractivity contribution in [1.82, 2.24) is 19.4 Å². The molecule has 0 unspecified atom stereocenters. The summed E-state index contributed by atoms with van der Waals surface area (Å²) in [7, 11) is 0. The number of carbonyl (C=O) groups excluding carboxylic acids is 2. The van der Waals surface area contributed by atoms with Crippen molar-refractivity contribution >= 4 is 28.9 Å². The molecule has 9 heteroatoms. The number of pyridine rings is 1. The molecule has 0 bridgehead atoms. The van der Waals surface area contributed by atoms with E-state index < -0.39 is 29.8 Å². The molecule has 1 atom stereocenters. The van der Waals surface area contributed by atoms with Gasteiger partial charge in [-0.2, -0.15) is 5.10 Å². The molecule has 0 aliphatic carbocycles. The largest absolute Gasteiger partial charge is 0.337 e. The fraction of sp³-hybridized carbons (Fsp3) is 0.346. The molecule has 0 radical (unpaired) electrons. The van der Waals surface area contributed by atoms with E-state index in [1.807, 2.05) is 25.1 Å². The molecule has 2 amide bonds. The molecule has 1 aromatic carbocycles. The van der Waals surface area contributed by atoms with Crippen molar-refractivity contribution in [3.8, 4) is 11.1 Å². The van der Waals surface area contributed by atoms with Crippen LogP contribution in [0.1, 0.15) is 29.4 Å². The predicted octanol–water partition coefficient (Wildman–Crippen LogP) is 4.85. The van der Waals surface area contributed by atoms with Crippen LogP contribution >= 0.6 is 11.6 Å². The lowest BCUT2D eigenvalue weighted by atomic mass is 9.67. The van der Waals surface area contributed by atoms with Crippen molar-refractivity contribution in [2.75, 3.05) is 19.6 Å². The smallest absolute Gasteiger partial charge is 0.275 e. The summed E-state index contributed by atoms with van der Waals surface area (Å²) in [5.74, 6) is -4.09. The van der Waals surface area contributed by atoms with E-state index in [2.05, 4.69) is 11.7 Å². The highest BCUT2D eigenvalue weighted by Gasteiger charge is 2.65. The van der Waals surface area contributed by atoms with Crippen molar-refractivity contribution in [1.29, 1.82) is 0 Å². The molecule has 5 rings (SSSR count). The van der Waals surface area contributed by atoms with Gasteiger partial charge in [-0.3, -0.25) is 9.59 Å². The number of hydrogen-bond acceptors (Lipinski definition) is 3. The van der Waals surface area contributed by atoms with E-state index in [-0.39, 0.29) is 31.1 Å². The average molecular weight is 499 g/mol. The quantitative estimate of drug-likeness (QED) is 0.485. The maximum Gasteiger partial charge on any atom is 0.275 e. The highest BCUT2D eigenvalue weighted by molar-refractivity contribution is 6.33. The number of piperidine rings is 1. The van der Waals surface area contributed by atoms with E-state index in [4.69, 9.17) is 11.6 Å². The van der Waals surface area contributed by atoms with Gasteiger partial charge in [0, 0.05) is 41.5 Å². The third kappa shape index (κ3) is 3.62. The number of alkyl halides is 2. The molecule has 2 aromatic heterocycles. The molecular formula is C26H25ClF2N4O2. The van der Waals surface area contributed by atoms with E-state index in [0.717, 1.165) is 11.6 Å². The molecule has 2 saturated heterocycles. The molecule has 1 spiro atoms. The average Bonchev–Trinajstić information content (AvgIpc) is 3.16. The van der Waals surface area contributed by atoms with Crippen LogP contribution in [0.25, 0.3) is 16.6 Å². The van der Waals surface area contributed by atoms with E-state index >= 15 is 8.78 Å². The Morgan fingerprint density at radius 2 is 1.91 bits per heavy atom. The fourth-order valence-electron chi connectivity index (χ4n) is 5.33. The van der Waals surface area contributed by atoms with Crippen LogP contribution in [0.4, 0.5) is 8.78 Å². The summed E-state index contributed by atoms with van der Waals surface area (Å²) >= 11 is 6.49. The fourth-order valence-corrected chi connectivity index (χ4v) is 5.56.